The van der Waals surface area contributed by atoms with Crippen LogP contribution < -0.4 is 25.8 Å². The molecule has 0 unspecified atom stereocenters. The van der Waals surface area contributed by atoms with Gasteiger partial charge in [-0.3, -0.25) is 14.6 Å². The van der Waals surface area contributed by atoms with Crippen LogP contribution in [-0.4, -0.2) is 41.8 Å². The summed E-state index contributed by atoms with van der Waals surface area (Å²) in [5.74, 6) is 0.741. The molecule has 10 heteroatoms. The lowest BCUT2D eigenvalue weighted by molar-refractivity contribution is -0.123. The van der Waals surface area contributed by atoms with Crippen LogP contribution in [0.5, 0.6) is 11.5 Å². The number of hydrogen-bond donors (Lipinski definition) is 3. The van der Waals surface area contributed by atoms with Crippen LogP contribution in [0.25, 0.3) is 11.3 Å². The highest BCUT2D eigenvalue weighted by Crippen LogP contribution is 2.28. The Bertz CT molecular complexity index is 1560. The molecule has 1 amide bonds. The number of nitriles is 1. The van der Waals surface area contributed by atoms with E-state index < -0.39 is 5.56 Å². The number of rotatable bonds is 12. The predicted molar refractivity (Wildman–Crippen MR) is 152 cm³/mol. The van der Waals surface area contributed by atoms with Crippen molar-refractivity contribution in [1.82, 2.24) is 15.3 Å². The molecule has 10 nitrogen and oxygen atoms in total. The Morgan fingerprint density at radius 3 is 2.52 bits per heavy atom. The minimum Gasteiger partial charge on any atom is -0.490 e. The van der Waals surface area contributed by atoms with E-state index in [0.29, 0.717) is 35.8 Å². The Hall–Kier alpha value is -5.43. The van der Waals surface area contributed by atoms with Crippen molar-refractivity contribution in [3.8, 4) is 28.8 Å². The average Bonchev–Trinajstić information content (AvgIpc) is 2.97. The molecule has 3 aromatic carbocycles. The second kappa shape index (κ2) is 13.9. The number of carbonyl (C=O) groups excluding carboxylic acids is 1. The molecule has 4 aromatic rings. The van der Waals surface area contributed by atoms with Crippen molar-refractivity contribution >= 4 is 18.1 Å². The van der Waals surface area contributed by atoms with Crippen LogP contribution in [0, 0.1) is 11.3 Å². The van der Waals surface area contributed by atoms with Crippen LogP contribution in [0.3, 0.4) is 0 Å². The number of aromatic nitrogens is 2. The summed E-state index contributed by atoms with van der Waals surface area (Å²) in [6.07, 6.45) is 2.25. The van der Waals surface area contributed by atoms with E-state index in [9.17, 15) is 14.9 Å². The Morgan fingerprint density at radius 1 is 1.05 bits per heavy atom. The lowest BCUT2D eigenvalue weighted by Crippen LogP contribution is -2.30. The van der Waals surface area contributed by atoms with Crippen LogP contribution in [0.4, 0.5) is 5.95 Å². The fourth-order valence-electron chi connectivity index (χ4n) is 3.78. The largest absolute Gasteiger partial charge is 0.490 e. The zero-order chi connectivity index (χ0) is 28.2. The van der Waals surface area contributed by atoms with Gasteiger partial charge in [-0.2, -0.15) is 10.4 Å². The summed E-state index contributed by atoms with van der Waals surface area (Å²) >= 11 is 0. The number of nitrogens with zero attached hydrogens (tertiary/aromatic N) is 3. The van der Waals surface area contributed by atoms with Crippen molar-refractivity contribution in [2.24, 2.45) is 5.10 Å². The zero-order valence-electron chi connectivity index (χ0n) is 21.9. The molecule has 40 heavy (non-hydrogen) atoms. The SMILES string of the molecule is CCOc1cc(C=NNc2nc(-c3ccccc3)c(C#N)c(=O)[nH]2)ccc1OCC(=O)NCCc1ccccc1. The van der Waals surface area contributed by atoms with Gasteiger partial charge >= 0.3 is 0 Å². The molecule has 1 heterocycles. The number of H-pyrrole nitrogens is 1. The van der Waals surface area contributed by atoms with E-state index in [2.05, 4.69) is 25.8 Å². The second-order valence-corrected chi connectivity index (χ2v) is 8.50. The number of benzene rings is 3. The Morgan fingerprint density at radius 2 is 1.80 bits per heavy atom. The van der Waals surface area contributed by atoms with Crippen molar-refractivity contribution in [1.29, 1.82) is 5.26 Å². The number of aromatic amines is 1. The molecule has 1 aromatic heterocycles. The first kappa shape index (κ1) is 27.6. The topological polar surface area (TPSA) is 141 Å². The number of nitrogens with one attached hydrogen (secondary N) is 3. The first-order valence-corrected chi connectivity index (χ1v) is 12.7. The van der Waals surface area contributed by atoms with Gasteiger partial charge in [-0.25, -0.2) is 10.4 Å². The quantitative estimate of drug-likeness (QED) is 0.184. The Labute approximate surface area is 231 Å². The molecular weight excluding hydrogens is 508 g/mol. The van der Waals surface area contributed by atoms with E-state index in [0.717, 1.165) is 12.0 Å². The van der Waals surface area contributed by atoms with Gasteiger partial charge in [0.2, 0.25) is 5.95 Å². The summed E-state index contributed by atoms with van der Waals surface area (Å²) in [5, 5.41) is 16.4. The maximum absolute atomic E-state index is 12.4. The highest BCUT2D eigenvalue weighted by Gasteiger charge is 2.13. The summed E-state index contributed by atoms with van der Waals surface area (Å²) in [6, 6.07) is 25.9. The minimum atomic E-state index is -0.571. The van der Waals surface area contributed by atoms with E-state index in [4.69, 9.17) is 9.47 Å². The number of amides is 1. The van der Waals surface area contributed by atoms with Gasteiger partial charge in [-0.1, -0.05) is 60.7 Å². The lowest BCUT2D eigenvalue weighted by Gasteiger charge is -2.12. The van der Waals surface area contributed by atoms with E-state index in [-0.39, 0.29) is 29.7 Å². The van der Waals surface area contributed by atoms with Gasteiger partial charge in [0.15, 0.2) is 18.1 Å². The summed E-state index contributed by atoms with van der Waals surface area (Å²) in [7, 11) is 0. The van der Waals surface area contributed by atoms with Crippen LogP contribution in [-0.2, 0) is 11.2 Å². The number of ether oxygens (including phenoxy) is 2. The first-order chi connectivity index (χ1) is 19.6. The first-order valence-electron chi connectivity index (χ1n) is 12.7. The lowest BCUT2D eigenvalue weighted by atomic mass is 10.1. The number of hydrogen-bond acceptors (Lipinski definition) is 8. The maximum atomic E-state index is 12.4. The van der Waals surface area contributed by atoms with E-state index in [1.807, 2.05) is 49.4 Å². The second-order valence-electron chi connectivity index (χ2n) is 8.50. The monoisotopic (exact) mass is 536 g/mol. The minimum absolute atomic E-state index is 0.0810. The van der Waals surface area contributed by atoms with Crippen molar-refractivity contribution in [2.75, 3.05) is 25.2 Å². The van der Waals surface area contributed by atoms with Crippen LogP contribution >= 0.6 is 0 Å². The highest BCUT2D eigenvalue weighted by molar-refractivity contribution is 5.82. The summed E-state index contributed by atoms with van der Waals surface area (Å²) < 4.78 is 11.4. The molecular formula is C30H28N6O4. The third-order valence-electron chi connectivity index (χ3n) is 5.67. The van der Waals surface area contributed by atoms with Gasteiger partial charge in [0.05, 0.1) is 18.5 Å². The summed E-state index contributed by atoms with van der Waals surface area (Å²) in [4.78, 5) is 31.5. The van der Waals surface area contributed by atoms with Crippen LogP contribution in [0.2, 0.25) is 0 Å². The Balaban J connectivity index is 1.38. The van der Waals surface area contributed by atoms with Crippen LogP contribution in [0.1, 0.15) is 23.6 Å². The third-order valence-corrected chi connectivity index (χ3v) is 5.67. The smallest absolute Gasteiger partial charge is 0.270 e. The predicted octanol–water partition coefficient (Wildman–Crippen LogP) is 3.89. The van der Waals surface area contributed by atoms with Crippen molar-refractivity contribution in [3.05, 3.63) is 106 Å². The van der Waals surface area contributed by atoms with Gasteiger partial charge in [0.1, 0.15) is 11.6 Å². The number of anilines is 1. The van der Waals surface area contributed by atoms with E-state index >= 15 is 0 Å². The molecule has 0 atom stereocenters. The van der Waals surface area contributed by atoms with Gasteiger partial charge in [-0.15, -0.1) is 0 Å². The molecule has 202 valence electrons. The molecule has 3 N–H and O–H groups in total. The molecule has 0 saturated heterocycles. The van der Waals surface area contributed by atoms with Crippen molar-refractivity contribution < 1.29 is 14.3 Å². The molecule has 0 spiro atoms. The maximum Gasteiger partial charge on any atom is 0.270 e. The van der Waals surface area contributed by atoms with Gasteiger partial charge in [-0.05, 0) is 42.7 Å². The van der Waals surface area contributed by atoms with Crippen molar-refractivity contribution in [2.45, 2.75) is 13.3 Å². The fourth-order valence-corrected chi connectivity index (χ4v) is 3.78. The molecule has 0 aliphatic carbocycles. The molecule has 0 bridgehead atoms. The molecule has 4 rings (SSSR count). The van der Waals surface area contributed by atoms with Crippen molar-refractivity contribution in [3.63, 3.8) is 0 Å². The highest BCUT2D eigenvalue weighted by atomic mass is 16.5. The van der Waals surface area contributed by atoms with Gasteiger partial charge in [0, 0.05) is 12.1 Å². The van der Waals surface area contributed by atoms with E-state index in [1.165, 1.54) is 6.21 Å². The van der Waals surface area contributed by atoms with Gasteiger partial charge in [0.25, 0.3) is 11.5 Å². The number of carbonyl (C=O) groups is 1. The molecule has 0 aliphatic heterocycles. The fraction of sp³-hybridized carbons (Fsp3) is 0.167. The Kier molecular flexibility index (Phi) is 9.61. The molecule has 0 fully saturated rings. The standard InChI is InChI=1S/C30H28N6O4/c1-2-39-26-17-22(13-14-25(26)40-20-27(37)32-16-15-21-9-5-3-6-10-21)19-33-36-30-34-28(23-11-7-4-8-12-23)24(18-31)29(38)35-30/h3-14,17,19H,2,15-16,20H2,1H3,(H,32,37)(H2,34,35,36,38). The molecule has 0 saturated carbocycles. The molecule has 0 aliphatic rings. The van der Waals surface area contributed by atoms with E-state index in [1.54, 1.807) is 42.5 Å². The summed E-state index contributed by atoms with van der Waals surface area (Å²) in [6.45, 7) is 2.61. The number of hydrazone groups is 1. The van der Waals surface area contributed by atoms with Gasteiger partial charge < -0.3 is 14.8 Å². The average molecular weight is 537 g/mol. The zero-order valence-corrected chi connectivity index (χ0v) is 21.9. The summed E-state index contributed by atoms with van der Waals surface area (Å²) in [5.41, 5.74) is 4.77. The normalized spacial score (nSPS) is 10.6. The third kappa shape index (κ3) is 7.55. The van der Waals surface area contributed by atoms with Crippen LogP contribution in [0.15, 0.2) is 88.8 Å². The molecule has 0 radical (unpaired) electrons.